The van der Waals surface area contributed by atoms with Crippen molar-refractivity contribution in [3.05, 3.63) is 115 Å². The summed E-state index contributed by atoms with van der Waals surface area (Å²) in [6.07, 6.45) is 4.15. The van der Waals surface area contributed by atoms with E-state index in [0.717, 1.165) is 56.2 Å². The van der Waals surface area contributed by atoms with Crippen LogP contribution in [0.5, 0.6) is 0 Å². The molecule has 6 heteroatoms. The van der Waals surface area contributed by atoms with E-state index in [1.54, 1.807) is 36.7 Å². The lowest BCUT2D eigenvalue weighted by Crippen LogP contribution is -2.12. The number of aryl methyl sites for hydroxylation is 2. The molecule has 0 saturated heterocycles. The summed E-state index contributed by atoms with van der Waals surface area (Å²) in [6, 6.07) is 29.2. The second-order valence-corrected chi connectivity index (χ2v) is 11.0. The van der Waals surface area contributed by atoms with Crippen LogP contribution in [0, 0.1) is 6.92 Å². The van der Waals surface area contributed by atoms with Crippen LogP contribution in [-0.2, 0) is 16.4 Å². The summed E-state index contributed by atoms with van der Waals surface area (Å²) in [7, 11) is -3.83. The Morgan fingerprint density at radius 3 is 2.32 bits per heavy atom. The van der Waals surface area contributed by atoms with E-state index in [1.807, 2.05) is 49.4 Å². The molecule has 0 unspecified atom stereocenters. The molecule has 3 aromatic carbocycles. The second-order valence-electron chi connectivity index (χ2n) is 9.14. The largest absolute Gasteiger partial charge is 0.269 e. The molecular formula is C31H25N3O2S. The van der Waals surface area contributed by atoms with E-state index in [2.05, 4.69) is 36.2 Å². The SMILES string of the molecule is CCc1cc(-c2ccccc2)c2cc(-c3cn(S(=O)(=O)c4ccc(C)cc4)c4ncccc34)ccc2n1. The first kappa shape index (κ1) is 23.1. The predicted molar refractivity (Wildman–Crippen MR) is 149 cm³/mol. The molecular weight excluding hydrogens is 478 g/mol. The van der Waals surface area contributed by atoms with E-state index in [-0.39, 0.29) is 4.90 Å². The number of rotatable bonds is 5. The van der Waals surface area contributed by atoms with Gasteiger partial charge in [-0.15, -0.1) is 0 Å². The summed E-state index contributed by atoms with van der Waals surface area (Å²) in [5.41, 5.74) is 7.29. The third-order valence-electron chi connectivity index (χ3n) is 6.73. The van der Waals surface area contributed by atoms with E-state index in [1.165, 1.54) is 3.97 Å². The molecule has 0 aliphatic heterocycles. The highest BCUT2D eigenvalue weighted by Crippen LogP contribution is 2.36. The van der Waals surface area contributed by atoms with Gasteiger partial charge in [0, 0.05) is 34.4 Å². The molecule has 0 saturated carbocycles. The van der Waals surface area contributed by atoms with E-state index in [0.29, 0.717) is 5.65 Å². The van der Waals surface area contributed by atoms with Crippen molar-refractivity contribution >= 4 is 32.0 Å². The molecule has 0 fully saturated rings. The molecule has 0 bridgehead atoms. The van der Waals surface area contributed by atoms with Gasteiger partial charge in [-0.1, -0.05) is 61.0 Å². The molecule has 0 radical (unpaired) electrons. The highest BCUT2D eigenvalue weighted by Gasteiger charge is 2.23. The Bertz CT molecular complexity index is 1870. The Morgan fingerprint density at radius 2 is 1.57 bits per heavy atom. The fourth-order valence-corrected chi connectivity index (χ4v) is 6.08. The van der Waals surface area contributed by atoms with Gasteiger partial charge in [-0.25, -0.2) is 17.4 Å². The van der Waals surface area contributed by atoms with Gasteiger partial charge in [0.15, 0.2) is 5.65 Å². The van der Waals surface area contributed by atoms with Crippen molar-refractivity contribution in [2.45, 2.75) is 25.2 Å². The highest BCUT2D eigenvalue weighted by molar-refractivity contribution is 7.90. The lowest BCUT2D eigenvalue weighted by Gasteiger charge is -2.11. The zero-order valence-corrected chi connectivity index (χ0v) is 21.4. The molecule has 0 aliphatic carbocycles. The van der Waals surface area contributed by atoms with Gasteiger partial charge in [0.1, 0.15) is 0 Å². The predicted octanol–water partition coefficient (Wildman–Crippen LogP) is 7.03. The van der Waals surface area contributed by atoms with Gasteiger partial charge in [-0.05, 0) is 72.5 Å². The fraction of sp³-hybridized carbons (Fsp3) is 0.0968. The molecule has 0 atom stereocenters. The van der Waals surface area contributed by atoms with Gasteiger partial charge >= 0.3 is 0 Å². The maximum Gasteiger partial charge on any atom is 0.269 e. The second kappa shape index (κ2) is 8.98. The van der Waals surface area contributed by atoms with Gasteiger partial charge in [0.05, 0.1) is 10.4 Å². The smallest absolute Gasteiger partial charge is 0.253 e. The molecule has 0 N–H and O–H groups in total. The molecule has 5 nitrogen and oxygen atoms in total. The zero-order chi connectivity index (χ0) is 25.6. The summed E-state index contributed by atoms with van der Waals surface area (Å²) in [5.74, 6) is 0. The third-order valence-corrected chi connectivity index (χ3v) is 8.39. The number of benzene rings is 3. The highest BCUT2D eigenvalue weighted by atomic mass is 32.2. The van der Waals surface area contributed by atoms with Crippen LogP contribution in [0.1, 0.15) is 18.2 Å². The van der Waals surface area contributed by atoms with Gasteiger partial charge in [-0.2, -0.15) is 0 Å². The van der Waals surface area contributed by atoms with Crippen LogP contribution in [0.3, 0.4) is 0 Å². The average molecular weight is 504 g/mol. The van der Waals surface area contributed by atoms with Crippen LogP contribution in [0.4, 0.5) is 0 Å². The molecule has 3 aromatic heterocycles. The van der Waals surface area contributed by atoms with Gasteiger partial charge in [-0.3, -0.25) is 4.98 Å². The maximum atomic E-state index is 13.6. The Kier molecular flexibility index (Phi) is 5.61. The normalized spacial score (nSPS) is 11.8. The van der Waals surface area contributed by atoms with Crippen LogP contribution in [0.25, 0.3) is 44.2 Å². The van der Waals surface area contributed by atoms with Crippen LogP contribution >= 0.6 is 0 Å². The van der Waals surface area contributed by atoms with Crippen molar-refractivity contribution in [3.8, 4) is 22.3 Å². The van der Waals surface area contributed by atoms with Gasteiger partial charge in [0.25, 0.3) is 10.0 Å². The third kappa shape index (κ3) is 3.99. The van der Waals surface area contributed by atoms with Gasteiger partial charge in [0.2, 0.25) is 0 Å². The molecule has 6 aromatic rings. The van der Waals surface area contributed by atoms with Crippen LogP contribution in [-0.4, -0.2) is 22.4 Å². The van der Waals surface area contributed by atoms with Crippen molar-refractivity contribution in [2.24, 2.45) is 0 Å². The van der Waals surface area contributed by atoms with E-state index in [9.17, 15) is 8.42 Å². The summed E-state index contributed by atoms with van der Waals surface area (Å²) in [4.78, 5) is 9.54. The molecule has 0 amide bonds. The number of pyridine rings is 2. The minimum absolute atomic E-state index is 0.230. The minimum Gasteiger partial charge on any atom is -0.253 e. The van der Waals surface area contributed by atoms with Crippen LogP contribution in [0.15, 0.2) is 108 Å². The summed E-state index contributed by atoms with van der Waals surface area (Å²) in [5, 5.41) is 1.80. The molecule has 37 heavy (non-hydrogen) atoms. The summed E-state index contributed by atoms with van der Waals surface area (Å²) < 4.78 is 28.6. The number of nitrogens with zero attached hydrogens (tertiary/aromatic N) is 3. The molecule has 182 valence electrons. The standard InChI is InChI=1S/C31H25N3O2S/c1-3-24-19-27(22-8-5-4-6-9-22)28-18-23(13-16-30(28)33-24)29-20-34(31-26(29)10-7-17-32-31)37(35,36)25-14-11-21(2)12-15-25/h4-20H,3H2,1-2H3. The number of aromatic nitrogens is 3. The minimum atomic E-state index is -3.83. The lowest BCUT2D eigenvalue weighted by molar-refractivity contribution is 0.589. The van der Waals surface area contributed by atoms with Crippen molar-refractivity contribution in [3.63, 3.8) is 0 Å². The Hall–Kier alpha value is -4.29. The van der Waals surface area contributed by atoms with Crippen molar-refractivity contribution < 1.29 is 8.42 Å². The van der Waals surface area contributed by atoms with E-state index >= 15 is 0 Å². The van der Waals surface area contributed by atoms with E-state index < -0.39 is 10.0 Å². The number of hydrogen-bond acceptors (Lipinski definition) is 4. The Morgan fingerprint density at radius 1 is 0.784 bits per heavy atom. The fourth-order valence-electron chi connectivity index (χ4n) is 4.75. The van der Waals surface area contributed by atoms with Crippen molar-refractivity contribution in [2.75, 3.05) is 0 Å². The Labute approximate surface area is 216 Å². The van der Waals surface area contributed by atoms with Crippen molar-refractivity contribution in [1.82, 2.24) is 13.9 Å². The molecule has 0 spiro atoms. The summed E-state index contributed by atoms with van der Waals surface area (Å²) in [6.45, 7) is 4.04. The first-order valence-electron chi connectivity index (χ1n) is 12.2. The van der Waals surface area contributed by atoms with Crippen molar-refractivity contribution in [1.29, 1.82) is 0 Å². The molecule has 0 aliphatic rings. The lowest BCUT2D eigenvalue weighted by atomic mass is 9.96. The zero-order valence-electron chi connectivity index (χ0n) is 20.6. The topological polar surface area (TPSA) is 64.8 Å². The first-order chi connectivity index (χ1) is 18.0. The van der Waals surface area contributed by atoms with E-state index in [4.69, 9.17) is 4.98 Å². The molecule has 6 rings (SSSR count). The quantitative estimate of drug-likeness (QED) is 0.253. The van der Waals surface area contributed by atoms with Crippen LogP contribution < -0.4 is 0 Å². The number of hydrogen-bond donors (Lipinski definition) is 0. The Balaban J connectivity index is 1.58. The number of fused-ring (bicyclic) bond motifs is 2. The average Bonchev–Trinajstić information content (AvgIpc) is 3.33. The summed E-state index contributed by atoms with van der Waals surface area (Å²) >= 11 is 0. The monoisotopic (exact) mass is 503 g/mol. The van der Waals surface area contributed by atoms with Crippen LogP contribution in [0.2, 0.25) is 0 Å². The molecule has 3 heterocycles. The first-order valence-corrected chi connectivity index (χ1v) is 13.7. The van der Waals surface area contributed by atoms with Gasteiger partial charge < -0.3 is 0 Å². The maximum absolute atomic E-state index is 13.6.